The van der Waals surface area contributed by atoms with Crippen LogP contribution in [0.3, 0.4) is 0 Å². The Balaban J connectivity index is 0.000000262. The summed E-state index contributed by atoms with van der Waals surface area (Å²) in [6.45, 7) is 7.10. The molecule has 3 nitrogen and oxygen atoms in total. The number of hydrogen-bond donors (Lipinski definition) is 0. The van der Waals surface area contributed by atoms with Crippen molar-refractivity contribution in [3.05, 3.63) is 192 Å². The van der Waals surface area contributed by atoms with Gasteiger partial charge in [-0.15, -0.1) is 29.8 Å². The van der Waals surface area contributed by atoms with E-state index in [0.29, 0.717) is 23.1 Å². The third-order valence-corrected chi connectivity index (χ3v) is 13.2. The number of furan rings is 1. The molecule has 0 spiro atoms. The first-order valence-corrected chi connectivity index (χ1v) is 21.8. The summed E-state index contributed by atoms with van der Waals surface area (Å²) in [5.41, 5.74) is 15.5. The molecule has 10 rings (SSSR count). The van der Waals surface area contributed by atoms with Crippen LogP contribution in [0.4, 0.5) is 4.39 Å². The summed E-state index contributed by atoms with van der Waals surface area (Å²) in [6, 6.07) is 56.8. The van der Waals surface area contributed by atoms with Gasteiger partial charge in [0.05, 0.1) is 0 Å². The molecule has 303 valence electrons. The zero-order chi connectivity index (χ0) is 43.8. The number of nitrogens with zero attached hydrogens (tertiary/aromatic N) is 2. The molecule has 0 amide bonds. The van der Waals surface area contributed by atoms with Crippen LogP contribution in [0.5, 0.6) is 0 Å². The van der Waals surface area contributed by atoms with Crippen molar-refractivity contribution >= 4 is 46.2 Å². The minimum Gasteiger partial charge on any atom is -0.304 e. The summed E-state index contributed by atoms with van der Waals surface area (Å²) in [5, 5.41) is 2.23. The normalized spacial score (nSPS) is 12.2. The van der Waals surface area contributed by atoms with Crippen LogP contribution in [0.1, 0.15) is 60.3 Å². The molecule has 0 aliphatic carbocycles. The third-order valence-electron chi connectivity index (χ3n) is 10.8. The van der Waals surface area contributed by atoms with Crippen molar-refractivity contribution in [1.82, 2.24) is 9.97 Å². The molecule has 7 aromatic carbocycles. The summed E-state index contributed by atoms with van der Waals surface area (Å²) in [7, 11) is 0. The second kappa shape index (κ2) is 18.1. The van der Waals surface area contributed by atoms with Gasteiger partial charge >= 0.3 is 277 Å². The quantitative estimate of drug-likeness (QED) is 0.118. The van der Waals surface area contributed by atoms with Crippen LogP contribution in [0.2, 0.25) is 0 Å². The summed E-state index contributed by atoms with van der Waals surface area (Å²) >= 11 is -0.00845. The van der Waals surface area contributed by atoms with Crippen LogP contribution in [-0.2, 0) is 20.1 Å². The number of benzene rings is 7. The maximum Gasteiger partial charge on any atom is 0.0379 e. The first kappa shape index (κ1) is 38.2. The van der Waals surface area contributed by atoms with Crippen molar-refractivity contribution in [2.24, 2.45) is 0 Å². The van der Waals surface area contributed by atoms with Crippen molar-refractivity contribution in [2.45, 2.75) is 46.4 Å². The van der Waals surface area contributed by atoms with E-state index in [2.05, 4.69) is 154 Å². The fraction of sp³-hybridized carbons (Fsp3) is 0.127. The van der Waals surface area contributed by atoms with Crippen LogP contribution < -0.4 is 0 Å². The molecule has 61 heavy (non-hydrogen) atoms. The zero-order valence-electron chi connectivity index (χ0n) is 37.1. The van der Waals surface area contributed by atoms with Gasteiger partial charge in [0.2, 0.25) is 0 Å². The molecule has 0 aliphatic rings. The molecule has 0 aliphatic heterocycles. The van der Waals surface area contributed by atoms with E-state index in [1.54, 1.807) is 12.1 Å². The van der Waals surface area contributed by atoms with Crippen molar-refractivity contribution in [3.8, 4) is 54.8 Å². The maximum absolute atomic E-state index is 12.7. The molecule has 10 aromatic rings. The number of aryl methyl sites for hydroxylation is 1. The number of fused-ring (bicyclic) bond motifs is 4. The Hall–Kier alpha value is -5.74. The summed E-state index contributed by atoms with van der Waals surface area (Å²) in [5.74, 6) is 0.382. The van der Waals surface area contributed by atoms with Crippen LogP contribution >= 0.6 is 0 Å². The van der Waals surface area contributed by atoms with Gasteiger partial charge < -0.3 is 4.98 Å². The van der Waals surface area contributed by atoms with Crippen LogP contribution in [0, 0.1) is 24.8 Å². The maximum atomic E-state index is 12.7. The van der Waals surface area contributed by atoms with Crippen molar-refractivity contribution in [3.63, 3.8) is 0 Å². The monoisotopic (exact) mass is 1040 g/mol. The van der Waals surface area contributed by atoms with E-state index in [1.165, 1.54) is 67.6 Å². The van der Waals surface area contributed by atoms with Crippen molar-refractivity contribution in [2.75, 3.05) is 0 Å². The smallest absolute Gasteiger partial charge is 0.0379 e. The Morgan fingerprint density at radius 2 is 1.41 bits per heavy atom. The number of aromatic nitrogens is 2. The van der Waals surface area contributed by atoms with Crippen molar-refractivity contribution < 1.29 is 33.0 Å². The topological polar surface area (TPSA) is 38.9 Å². The predicted octanol–water partition coefficient (Wildman–Crippen LogP) is 14.9. The number of rotatable bonds is 7. The van der Waals surface area contributed by atoms with Crippen LogP contribution in [0.25, 0.3) is 86.5 Å². The summed E-state index contributed by atoms with van der Waals surface area (Å²) < 4.78 is 43.4. The van der Waals surface area contributed by atoms with Gasteiger partial charge in [0, 0.05) is 36.2 Å². The second-order valence-electron chi connectivity index (χ2n) is 15.5. The average molecular weight is 1040 g/mol. The molecule has 0 N–H and O–H groups in total. The largest absolute Gasteiger partial charge is 0.304 e. The summed E-state index contributed by atoms with van der Waals surface area (Å²) in [4.78, 5) is 9.29. The number of halogens is 1. The Kier molecular flexibility index (Phi) is 11.3. The molecule has 0 saturated heterocycles. The molecule has 0 atom stereocenters. The molecule has 0 unspecified atom stereocenters. The molecule has 1 radical (unpaired) electrons. The molecule has 3 aromatic heterocycles. The molecule has 0 saturated carbocycles. The third kappa shape index (κ3) is 8.60. The van der Waals surface area contributed by atoms with E-state index >= 15 is 0 Å². The average Bonchev–Trinajstić information content (AvgIpc) is 3.91. The summed E-state index contributed by atoms with van der Waals surface area (Å²) in [6.07, 6.45) is 1.31. The van der Waals surface area contributed by atoms with Gasteiger partial charge in [0.15, 0.2) is 0 Å². The van der Waals surface area contributed by atoms with Crippen molar-refractivity contribution in [1.29, 1.82) is 0 Å². The van der Waals surface area contributed by atoms with Crippen LogP contribution in [-0.4, -0.2) is 24.5 Å². The van der Waals surface area contributed by atoms with E-state index in [-0.39, 0.29) is 46.0 Å². The van der Waals surface area contributed by atoms with Gasteiger partial charge in [-0.1, -0.05) is 12.1 Å². The van der Waals surface area contributed by atoms with Gasteiger partial charge in [0.1, 0.15) is 0 Å². The van der Waals surface area contributed by atoms with E-state index in [0.717, 1.165) is 43.1 Å². The van der Waals surface area contributed by atoms with Gasteiger partial charge in [-0.25, -0.2) is 0 Å². The van der Waals surface area contributed by atoms with E-state index in [9.17, 15) is 4.39 Å². The SMILES string of the molecule is CC(C)c1cc(-c2ccccc2)cc(C(C)C)c1-c1cccc2nc(-c3[c-]ccc4c3oc3cc(-c5ccccc5)ccc34)[se]c12.[2H]C([2H])([2H])c1ccc(-c2[c-]cc(F)cc2)nc1.[Ir]. The van der Waals surface area contributed by atoms with Crippen LogP contribution in [0.15, 0.2) is 162 Å². The van der Waals surface area contributed by atoms with Gasteiger partial charge in [-0.05, 0) is 18.1 Å². The Labute approximate surface area is 380 Å². The van der Waals surface area contributed by atoms with E-state index in [4.69, 9.17) is 13.5 Å². The molecule has 6 heteroatoms. The fourth-order valence-corrected chi connectivity index (χ4v) is 10.1. The molecule has 3 heterocycles. The molecular formula is C55H43FIrN2OSe-2. The number of hydrogen-bond acceptors (Lipinski definition) is 3. The zero-order valence-corrected chi connectivity index (χ0v) is 38.2. The Morgan fingerprint density at radius 1 is 0.689 bits per heavy atom. The minimum atomic E-state index is -2.15. The van der Waals surface area contributed by atoms with Gasteiger partial charge in [0.25, 0.3) is 0 Å². The molecule has 0 bridgehead atoms. The second-order valence-corrected chi connectivity index (χ2v) is 17.6. The Morgan fingerprint density at radius 3 is 2.05 bits per heavy atom. The number of pyridine rings is 1. The van der Waals surface area contributed by atoms with Gasteiger partial charge in [-0.3, -0.25) is 4.39 Å². The first-order chi connectivity index (χ1) is 30.4. The fourth-order valence-electron chi connectivity index (χ4n) is 7.79. The molecular weight excluding hydrogens is 995 g/mol. The standard InChI is InChI=1S/C43H34NOSe.C12H9FN.Ir/c1-26(2)36-23-31(29-15-9-6-10-16-29)24-37(27(3)4)40(36)34-18-12-20-38-42(34)46-43(44-38)35-19-11-17-33-32-22-21-30(25-39(32)45-41(33)35)28-13-7-5-8-14-28;1-9-2-7-12(14-8-9)10-3-5-11(13)6-4-10;/h5-18,20-27H,1-4H3;2-3,5-8H,1H3;/q2*-1;/i;1D3;. The van der Waals surface area contributed by atoms with E-state index < -0.39 is 6.85 Å². The Bertz CT molecular complexity index is 3190. The minimum absolute atomic E-state index is 0. The van der Waals surface area contributed by atoms with Gasteiger partial charge in [-0.2, -0.15) is 0 Å². The first-order valence-electron chi connectivity index (χ1n) is 21.6. The molecule has 0 fully saturated rings. The predicted molar refractivity (Wildman–Crippen MR) is 248 cm³/mol. The van der Waals surface area contributed by atoms with E-state index in [1.807, 2.05) is 12.1 Å².